The van der Waals surface area contributed by atoms with Crippen molar-refractivity contribution in [2.24, 2.45) is 0 Å². The molecule has 5 nitrogen and oxygen atoms in total. The third kappa shape index (κ3) is 4.77. The third-order valence-corrected chi connectivity index (χ3v) is 6.81. The molecule has 0 amide bonds. The van der Waals surface area contributed by atoms with Gasteiger partial charge in [-0.05, 0) is 57.9 Å². The van der Waals surface area contributed by atoms with Crippen LogP contribution in [-0.2, 0) is 14.3 Å². The molecule has 0 bridgehead atoms. The fraction of sp³-hybridized carbons (Fsp3) is 0.556. The molecular weight excluding hydrogens is 402 g/mol. The Labute approximate surface area is 191 Å². The van der Waals surface area contributed by atoms with Gasteiger partial charge in [-0.25, -0.2) is 4.79 Å². The van der Waals surface area contributed by atoms with E-state index in [1.54, 1.807) is 0 Å². The van der Waals surface area contributed by atoms with Gasteiger partial charge in [-0.3, -0.25) is 4.79 Å². The molecule has 5 heteroatoms. The summed E-state index contributed by atoms with van der Waals surface area (Å²) < 4.78 is 12.1. The molecule has 0 saturated heterocycles. The zero-order valence-electron chi connectivity index (χ0n) is 19.4. The number of rotatable bonds is 7. The Kier molecular flexibility index (Phi) is 7.33. The van der Waals surface area contributed by atoms with Gasteiger partial charge in [-0.15, -0.1) is 0 Å². The number of carbonyl (C=O) groups excluding carboxylic acids is 2. The molecule has 1 saturated carbocycles. The van der Waals surface area contributed by atoms with Gasteiger partial charge in [-0.1, -0.05) is 38.0 Å². The number of esters is 1. The Balaban J connectivity index is 1.73. The molecule has 2 aliphatic carbocycles. The van der Waals surface area contributed by atoms with Crippen LogP contribution >= 0.6 is 0 Å². The van der Waals surface area contributed by atoms with Crippen LogP contribution in [0.25, 0.3) is 0 Å². The predicted octanol–water partition coefficient (Wildman–Crippen LogP) is 5.71. The van der Waals surface area contributed by atoms with Crippen LogP contribution in [0.3, 0.4) is 0 Å². The monoisotopic (exact) mass is 437 g/mol. The highest BCUT2D eigenvalue weighted by Gasteiger charge is 2.40. The first-order valence-electron chi connectivity index (χ1n) is 12.3. The number of Topliss-reactive ketones (excluding diaryl/α,β-unsaturated/α-hetero) is 1. The number of dihydropyridines is 1. The van der Waals surface area contributed by atoms with E-state index in [2.05, 4.69) is 12.2 Å². The van der Waals surface area contributed by atoms with Gasteiger partial charge in [0.2, 0.25) is 0 Å². The number of allylic oxidation sites excluding steroid dienone is 3. The van der Waals surface area contributed by atoms with Gasteiger partial charge in [-0.2, -0.15) is 0 Å². The van der Waals surface area contributed by atoms with Crippen molar-refractivity contribution in [2.45, 2.75) is 90.1 Å². The smallest absolute Gasteiger partial charge is 0.337 e. The van der Waals surface area contributed by atoms with Crippen LogP contribution in [0.4, 0.5) is 0 Å². The molecule has 1 aliphatic heterocycles. The summed E-state index contributed by atoms with van der Waals surface area (Å²) in [6, 6.07) is 7.84. The number of nitrogens with one attached hydrogen (secondary N) is 1. The van der Waals surface area contributed by atoms with Gasteiger partial charge >= 0.3 is 5.97 Å². The van der Waals surface area contributed by atoms with Gasteiger partial charge in [0.1, 0.15) is 11.9 Å². The minimum absolute atomic E-state index is 0.0364. The van der Waals surface area contributed by atoms with Gasteiger partial charge in [0.25, 0.3) is 0 Å². The molecule has 1 aromatic rings. The Hall–Kier alpha value is -2.56. The van der Waals surface area contributed by atoms with Gasteiger partial charge in [0.15, 0.2) is 5.78 Å². The summed E-state index contributed by atoms with van der Waals surface area (Å²) in [5.41, 5.74) is 3.87. The van der Waals surface area contributed by atoms with E-state index in [9.17, 15) is 9.59 Å². The molecule has 0 radical (unpaired) electrons. The normalized spacial score (nSPS) is 21.8. The van der Waals surface area contributed by atoms with Gasteiger partial charge in [0.05, 0.1) is 18.1 Å². The van der Waals surface area contributed by atoms with E-state index in [4.69, 9.17) is 9.47 Å². The van der Waals surface area contributed by atoms with E-state index < -0.39 is 5.92 Å². The third-order valence-electron chi connectivity index (χ3n) is 6.81. The van der Waals surface area contributed by atoms with Crippen LogP contribution in [0.5, 0.6) is 5.75 Å². The van der Waals surface area contributed by atoms with E-state index in [-0.39, 0.29) is 17.9 Å². The standard InChI is InChI=1S/C27H35NO4/c1-3-4-17-31-23-16-9-8-13-20(23)25-24(27(30)32-19-11-6-5-7-12-19)18(2)28-21-14-10-15-22(29)26(21)25/h8-9,13,16,19,25,28H,3-7,10-12,14-15,17H2,1-2H3/t25-/m0/s1. The summed E-state index contributed by atoms with van der Waals surface area (Å²) >= 11 is 0. The summed E-state index contributed by atoms with van der Waals surface area (Å²) in [7, 11) is 0. The Morgan fingerprint density at radius 1 is 1.09 bits per heavy atom. The lowest BCUT2D eigenvalue weighted by Gasteiger charge is -2.35. The molecule has 3 aliphatic rings. The number of carbonyl (C=O) groups is 2. The minimum atomic E-state index is -0.451. The maximum Gasteiger partial charge on any atom is 0.337 e. The Morgan fingerprint density at radius 2 is 1.88 bits per heavy atom. The molecule has 172 valence electrons. The van der Waals surface area contributed by atoms with E-state index in [1.807, 2.05) is 31.2 Å². The Bertz CT molecular complexity index is 923. The van der Waals surface area contributed by atoms with Crippen molar-refractivity contribution >= 4 is 11.8 Å². The molecule has 4 rings (SSSR count). The van der Waals surface area contributed by atoms with Crippen LogP contribution in [0.2, 0.25) is 0 Å². The number of ketones is 1. The molecule has 1 N–H and O–H groups in total. The van der Waals surface area contributed by atoms with Crippen molar-refractivity contribution < 1.29 is 19.1 Å². The first-order valence-corrected chi connectivity index (χ1v) is 12.3. The maximum absolute atomic E-state index is 13.5. The molecule has 0 unspecified atom stereocenters. The van der Waals surface area contributed by atoms with Crippen molar-refractivity contribution in [1.29, 1.82) is 0 Å². The topological polar surface area (TPSA) is 64.6 Å². The molecule has 0 aromatic heterocycles. The zero-order chi connectivity index (χ0) is 22.5. The summed E-state index contributed by atoms with van der Waals surface area (Å²) in [5.74, 6) is 0.101. The molecule has 1 heterocycles. The molecular formula is C27H35NO4. The van der Waals surface area contributed by atoms with Crippen LogP contribution in [-0.4, -0.2) is 24.5 Å². The second kappa shape index (κ2) is 10.4. The van der Waals surface area contributed by atoms with Crippen molar-refractivity contribution in [3.05, 3.63) is 52.4 Å². The first-order chi connectivity index (χ1) is 15.6. The second-order valence-corrected chi connectivity index (χ2v) is 9.17. The van der Waals surface area contributed by atoms with Crippen molar-refractivity contribution in [2.75, 3.05) is 6.61 Å². The van der Waals surface area contributed by atoms with Crippen LogP contribution < -0.4 is 10.1 Å². The summed E-state index contributed by atoms with van der Waals surface area (Å²) in [6.45, 7) is 4.67. The van der Waals surface area contributed by atoms with Crippen molar-refractivity contribution in [3.63, 3.8) is 0 Å². The lowest BCUT2D eigenvalue weighted by molar-refractivity contribution is -0.146. The van der Waals surface area contributed by atoms with Crippen LogP contribution in [0.1, 0.15) is 89.5 Å². The summed E-state index contributed by atoms with van der Waals surface area (Å²) in [5, 5.41) is 3.39. The lowest BCUT2D eigenvalue weighted by atomic mass is 9.75. The van der Waals surface area contributed by atoms with Gasteiger partial charge < -0.3 is 14.8 Å². The number of hydrogen-bond donors (Lipinski definition) is 1. The highest BCUT2D eigenvalue weighted by molar-refractivity contribution is 6.04. The van der Waals surface area contributed by atoms with E-state index in [0.717, 1.165) is 74.1 Å². The molecule has 1 fully saturated rings. The van der Waals surface area contributed by atoms with Crippen molar-refractivity contribution in [3.8, 4) is 5.75 Å². The van der Waals surface area contributed by atoms with E-state index >= 15 is 0 Å². The number of ether oxygens (including phenoxy) is 2. The van der Waals surface area contributed by atoms with E-state index in [0.29, 0.717) is 24.2 Å². The highest BCUT2D eigenvalue weighted by atomic mass is 16.5. The fourth-order valence-electron chi connectivity index (χ4n) is 5.14. The number of para-hydroxylation sites is 1. The average Bonchev–Trinajstić information content (AvgIpc) is 2.79. The average molecular weight is 438 g/mol. The fourth-order valence-corrected chi connectivity index (χ4v) is 5.14. The summed E-state index contributed by atoms with van der Waals surface area (Å²) in [6.07, 6.45) is 9.36. The molecule has 0 spiro atoms. The first kappa shape index (κ1) is 22.6. The second-order valence-electron chi connectivity index (χ2n) is 9.17. The van der Waals surface area contributed by atoms with Gasteiger partial charge in [0, 0.05) is 29.0 Å². The maximum atomic E-state index is 13.5. The largest absolute Gasteiger partial charge is 0.493 e. The molecule has 32 heavy (non-hydrogen) atoms. The quantitative estimate of drug-likeness (QED) is 0.437. The highest BCUT2D eigenvalue weighted by Crippen LogP contribution is 2.45. The SMILES string of the molecule is CCCCOc1ccccc1[C@H]1C(C(=O)OC2CCCCC2)=C(C)NC2=C1C(=O)CCC2. The van der Waals surface area contributed by atoms with Crippen LogP contribution in [0.15, 0.2) is 46.8 Å². The van der Waals surface area contributed by atoms with Crippen LogP contribution in [0, 0.1) is 0 Å². The molecule has 1 aromatic carbocycles. The Morgan fingerprint density at radius 3 is 2.66 bits per heavy atom. The lowest BCUT2D eigenvalue weighted by Crippen LogP contribution is -2.35. The zero-order valence-corrected chi connectivity index (χ0v) is 19.4. The number of unbranched alkanes of at least 4 members (excludes halogenated alkanes) is 1. The summed E-state index contributed by atoms with van der Waals surface area (Å²) in [4.78, 5) is 26.7. The van der Waals surface area contributed by atoms with Crippen molar-refractivity contribution in [1.82, 2.24) is 5.32 Å². The molecule has 1 atom stereocenters. The number of benzene rings is 1. The predicted molar refractivity (Wildman–Crippen MR) is 124 cm³/mol. The number of hydrogen-bond acceptors (Lipinski definition) is 5. The van der Waals surface area contributed by atoms with E-state index in [1.165, 1.54) is 6.42 Å². The minimum Gasteiger partial charge on any atom is -0.493 e.